The molecule has 1 aromatic heterocycles. The molecule has 7 nitrogen and oxygen atoms in total. The summed E-state index contributed by atoms with van der Waals surface area (Å²) < 4.78 is 21.5. The Kier molecular flexibility index (Phi) is 5.29. The number of halogens is 1. The Morgan fingerprint density at radius 3 is 2.79 bits per heavy atom. The Morgan fingerprint density at radius 1 is 1.18 bits per heavy atom. The van der Waals surface area contributed by atoms with Crippen LogP contribution in [-0.2, 0) is 11.3 Å². The first-order chi connectivity index (χ1) is 13.7. The Bertz CT molecular complexity index is 955. The molecular formula is C20H20FN5O2. The maximum Gasteiger partial charge on any atom is 0.255 e. The molecule has 8 heteroatoms. The third-order valence-corrected chi connectivity index (χ3v) is 4.56. The number of nitrogens with zero attached hydrogens (tertiary/aromatic N) is 4. The van der Waals surface area contributed by atoms with Crippen molar-refractivity contribution >= 4 is 17.3 Å². The van der Waals surface area contributed by atoms with Gasteiger partial charge in [-0.3, -0.25) is 4.79 Å². The number of carbonyl (C=O) groups is 1. The lowest BCUT2D eigenvalue weighted by Gasteiger charge is -2.29. The van der Waals surface area contributed by atoms with Crippen LogP contribution < -0.4 is 10.2 Å². The Hall–Kier alpha value is -3.26. The van der Waals surface area contributed by atoms with Crippen molar-refractivity contribution in [3.8, 4) is 0 Å². The van der Waals surface area contributed by atoms with Crippen molar-refractivity contribution in [1.29, 1.82) is 0 Å². The van der Waals surface area contributed by atoms with E-state index in [9.17, 15) is 9.18 Å². The smallest absolute Gasteiger partial charge is 0.255 e. The van der Waals surface area contributed by atoms with Crippen LogP contribution in [0.15, 0.2) is 55.1 Å². The minimum Gasteiger partial charge on any atom is -0.378 e. The Labute approximate surface area is 161 Å². The summed E-state index contributed by atoms with van der Waals surface area (Å²) in [5, 5.41) is 6.82. The lowest BCUT2D eigenvalue weighted by atomic mass is 10.1. The summed E-state index contributed by atoms with van der Waals surface area (Å²) in [7, 11) is 0. The molecule has 1 fully saturated rings. The van der Waals surface area contributed by atoms with E-state index >= 15 is 0 Å². The van der Waals surface area contributed by atoms with Crippen molar-refractivity contribution in [2.24, 2.45) is 0 Å². The SMILES string of the molecule is O=C(Nc1ccc(N2CCOCC2)c(F)c1)c1cccc(Cn2cncn2)c1. The summed E-state index contributed by atoms with van der Waals surface area (Å²) in [5.41, 5.74) is 2.36. The third kappa shape index (κ3) is 4.17. The molecular weight excluding hydrogens is 361 g/mol. The van der Waals surface area contributed by atoms with E-state index in [-0.39, 0.29) is 11.7 Å². The minimum atomic E-state index is -0.361. The summed E-state index contributed by atoms with van der Waals surface area (Å²) in [5.74, 6) is -0.654. The second-order valence-corrected chi connectivity index (χ2v) is 6.51. The number of rotatable bonds is 5. The molecule has 1 amide bonds. The van der Waals surface area contributed by atoms with Crippen molar-refractivity contribution in [2.75, 3.05) is 36.5 Å². The molecule has 4 rings (SSSR count). The number of hydrogen-bond acceptors (Lipinski definition) is 5. The van der Waals surface area contributed by atoms with E-state index in [4.69, 9.17) is 4.74 Å². The Balaban J connectivity index is 1.45. The van der Waals surface area contributed by atoms with Crippen molar-refractivity contribution in [1.82, 2.24) is 14.8 Å². The summed E-state index contributed by atoms with van der Waals surface area (Å²) in [6.45, 7) is 3.00. The molecule has 1 N–H and O–H groups in total. The lowest BCUT2D eigenvalue weighted by molar-refractivity contribution is 0.102. The van der Waals surface area contributed by atoms with E-state index in [0.717, 1.165) is 5.56 Å². The van der Waals surface area contributed by atoms with Crippen molar-refractivity contribution in [3.63, 3.8) is 0 Å². The van der Waals surface area contributed by atoms with Crippen LogP contribution in [0.5, 0.6) is 0 Å². The first-order valence-electron chi connectivity index (χ1n) is 9.04. The van der Waals surface area contributed by atoms with E-state index in [0.29, 0.717) is 49.8 Å². The molecule has 0 bridgehead atoms. The zero-order chi connectivity index (χ0) is 19.3. The fourth-order valence-corrected chi connectivity index (χ4v) is 3.16. The van der Waals surface area contributed by atoms with Gasteiger partial charge in [0.25, 0.3) is 5.91 Å². The van der Waals surface area contributed by atoms with E-state index in [1.54, 1.807) is 35.3 Å². The van der Waals surface area contributed by atoms with Gasteiger partial charge in [0.05, 0.1) is 25.4 Å². The molecule has 0 radical (unpaired) electrons. The summed E-state index contributed by atoms with van der Waals surface area (Å²) >= 11 is 0. The lowest BCUT2D eigenvalue weighted by Crippen LogP contribution is -2.36. The summed E-state index contributed by atoms with van der Waals surface area (Å²) in [4.78, 5) is 18.4. The molecule has 0 spiro atoms. The average molecular weight is 381 g/mol. The molecule has 2 heterocycles. The predicted molar refractivity (Wildman–Crippen MR) is 103 cm³/mol. The topological polar surface area (TPSA) is 72.3 Å². The van der Waals surface area contributed by atoms with Crippen LogP contribution in [0.1, 0.15) is 15.9 Å². The highest BCUT2D eigenvalue weighted by Gasteiger charge is 2.16. The van der Waals surface area contributed by atoms with Gasteiger partial charge in [0.1, 0.15) is 18.5 Å². The monoisotopic (exact) mass is 381 g/mol. The predicted octanol–water partition coefficient (Wildman–Crippen LogP) is 2.55. The van der Waals surface area contributed by atoms with Gasteiger partial charge < -0.3 is 15.0 Å². The van der Waals surface area contributed by atoms with Crippen LogP contribution in [0, 0.1) is 5.82 Å². The molecule has 1 aliphatic rings. The summed E-state index contributed by atoms with van der Waals surface area (Å²) in [6.07, 6.45) is 3.08. The second kappa shape index (κ2) is 8.18. The number of hydrogen-bond donors (Lipinski definition) is 1. The first-order valence-corrected chi connectivity index (χ1v) is 9.04. The minimum absolute atomic E-state index is 0.293. The highest BCUT2D eigenvalue weighted by molar-refractivity contribution is 6.04. The van der Waals surface area contributed by atoms with Gasteiger partial charge in [-0.2, -0.15) is 5.10 Å². The number of morpholine rings is 1. The molecule has 1 saturated heterocycles. The molecule has 28 heavy (non-hydrogen) atoms. The van der Waals surface area contributed by atoms with Gasteiger partial charge in [0.15, 0.2) is 0 Å². The van der Waals surface area contributed by atoms with Crippen LogP contribution in [0.25, 0.3) is 0 Å². The van der Waals surface area contributed by atoms with Gasteiger partial charge in [0, 0.05) is 24.3 Å². The zero-order valence-electron chi connectivity index (χ0n) is 15.2. The van der Waals surface area contributed by atoms with E-state index in [1.165, 1.54) is 12.4 Å². The van der Waals surface area contributed by atoms with Crippen molar-refractivity contribution in [3.05, 3.63) is 72.1 Å². The fraction of sp³-hybridized carbons (Fsp3) is 0.250. The highest BCUT2D eigenvalue weighted by Crippen LogP contribution is 2.24. The highest BCUT2D eigenvalue weighted by atomic mass is 19.1. The molecule has 2 aromatic carbocycles. The van der Waals surface area contributed by atoms with Gasteiger partial charge >= 0.3 is 0 Å². The maximum atomic E-state index is 14.5. The molecule has 0 saturated carbocycles. The van der Waals surface area contributed by atoms with Gasteiger partial charge in [-0.15, -0.1) is 0 Å². The van der Waals surface area contributed by atoms with Gasteiger partial charge in [-0.05, 0) is 35.9 Å². The third-order valence-electron chi connectivity index (χ3n) is 4.56. The second-order valence-electron chi connectivity index (χ2n) is 6.51. The first kappa shape index (κ1) is 18.1. The van der Waals surface area contributed by atoms with E-state index in [1.807, 2.05) is 17.0 Å². The normalized spacial score (nSPS) is 14.1. The van der Waals surface area contributed by atoms with Gasteiger partial charge in [-0.25, -0.2) is 14.1 Å². The number of benzene rings is 2. The number of anilines is 2. The number of aromatic nitrogens is 3. The van der Waals surface area contributed by atoms with Crippen LogP contribution in [0.4, 0.5) is 15.8 Å². The average Bonchev–Trinajstić information content (AvgIpc) is 3.22. The number of nitrogens with one attached hydrogen (secondary N) is 1. The van der Waals surface area contributed by atoms with Crippen LogP contribution in [0.3, 0.4) is 0 Å². The zero-order valence-corrected chi connectivity index (χ0v) is 15.2. The molecule has 0 aliphatic carbocycles. The molecule has 0 unspecified atom stereocenters. The van der Waals surface area contributed by atoms with Crippen LogP contribution in [0.2, 0.25) is 0 Å². The number of ether oxygens (including phenoxy) is 1. The molecule has 144 valence electrons. The van der Waals surface area contributed by atoms with Crippen LogP contribution >= 0.6 is 0 Å². The standard InChI is InChI=1S/C20H20FN5O2/c21-18-11-17(4-5-19(18)25-6-8-28-9-7-25)24-20(27)16-3-1-2-15(10-16)12-26-14-22-13-23-26/h1-5,10-11,13-14H,6-9,12H2,(H,24,27). The molecule has 0 atom stereocenters. The summed E-state index contributed by atoms with van der Waals surface area (Å²) in [6, 6.07) is 12.0. The fourth-order valence-electron chi connectivity index (χ4n) is 3.16. The van der Waals surface area contributed by atoms with Crippen LogP contribution in [-0.4, -0.2) is 47.0 Å². The van der Waals surface area contributed by atoms with Crippen molar-refractivity contribution < 1.29 is 13.9 Å². The maximum absolute atomic E-state index is 14.5. The molecule has 3 aromatic rings. The Morgan fingerprint density at radius 2 is 2.04 bits per heavy atom. The number of amides is 1. The van der Waals surface area contributed by atoms with Gasteiger partial charge in [-0.1, -0.05) is 12.1 Å². The molecule has 1 aliphatic heterocycles. The largest absolute Gasteiger partial charge is 0.378 e. The van der Waals surface area contributed by atoms with E-state index < -0.39 is 0 Å². The number of carbonyl (C=O) groups excluding carboxylic acids is 1. The van der Waals surface area contributed by atoms with E-state index in [2.05, 4.69) is 15.4 Å². The van der Waals surface area contributed by atoms with Gasteiger partial charge in [0.2, 0.25) is 0 Å². The quantitative estimate of drug-likeness (QED) is 0.735. The van der Waals surface area contributed by atoms with Crippen molar-refractivity contribution in [2.45, 2.75) is 6.54 Å².